The third-order valence-corrected chi connectivity index (χ3v) is 3.57. The first-order chi connectivity index (χ1) is 8.81. The first-order valence-corrected chi connectivity index (χ1v) is 6.13. The van der Waals surface area contributed by atoms with Crippen LogP contribution in [0.25, 0.3) is 10.8 Å². The lowest BCUT2D eigenvalue weighted by atomic mass is 9.99. The summed E-state index contributed by atoms with van der Waals surface area (Å²) in [7, 11) is 1.45. The van der Waals surface area contributed by atoms with Gasteiger partial charge < -0.3 is 9.64 Å². The summed E-state index contributed by atoms with van der Waals surface area (Å²) in [4.78, 5) is 13.8. The summed E-state index contributed by atoms with van der Waals surface area (Å²) in [6.45, 7) is 0.910. The van der Waals surface area contributed by atoms with Gasteiger partial charge in [-0.05, 0) is 17.9 Å². The fourth-order valence-electron chi connectivity index (χ4n) is 2.52. The van der Waals surface area contributed by atoms with E-state index in [1.807, 2.05) is 18.2 Å². The summed E-state index contributed by atoms with van der Waals surface area (Å²) in [6.07, 6.45) is 0.871. The van der Waals surface area contributed by atoms with Crippen molar-refractivity contribution in [3.63, 3.8) is 0 Å². The van der Waals surface area contributed by atoms with Crippen LogP contribution in [0.2, 0.25) is 0 Å². The SMILES string of the molecule is COC(=O)C1CCN1c1cccc2ccccc12. The van der Waals surface area contributed by atoms with Crippen molar-refractivity contribution in [3.05, 3.63) is 42.5 Å². The average molecular weight is 241 g/mol. The Morgan fingerprint density at radius 2 is 2.00 bits per heavy atom. The third-order valence-electron chi connectivity index (χ3n) is 3.57. The highest BCUT2D eigenvalue weighted by molar-refractivity contribution is 5.96. The third kappa shape index (κ3) is 1.63. The number of carbonyl (C=O) groups excluding carboxylic acids is 1. The van der Waals surface area contributed by atoms with Gasteiger partial charge in [0.05, 0.1) is 7.11 Å². The van der Waals surface area contributed by atoms with Crippen LogP contribution in [-0.4, -0.2) is 25.7 Å². The zero-order valence-electron chi connectivity index (χ0n) is 10.3. The predicted molar refractivity (Wildman–Crippen MR) is 71.7 cm³/mol. The molecule has 0 saturated carbocycles. The fraction of sp³-hybridized carbons (Fsp3) is 0.267. The van der Waals surface area contributed by atoms with E-state index < -0.39 is 0 Å². The summed E-state index contributed by atoms with van der Waals surface area (Å²) < 4.78 is 4.84. The van der Waals surface area contributed by atoms with Gasteiger partial charge in [-0.1, -0.05) is 36.4 Å². The first kappa shape index (κ1) is 11.1. The Hall–Kier alpha value is -2.03. The minimum atomic E-state index is -0.144. The quantitative estimate of drug-likeness (QED) is 0.757. The van der Waals surface area contributed by atoms with Gasteiger partial charge in [0, 0.05) is 17.6 Å². The molecule has 1 fully saturated rings. The number of carbonyl (C=O) groups is 1. The normalized spacial score (nSPS) is 18.5. The van der Waals surface area contributed by atoms with Crippen LogP contribution < -0.4 is 4.90 Å². The van der Waals surface area contributed by atoms with E-state index in [1.54, 1.807) is 0 Å². The van der Waals surface area contributed by atoms with E-state index in [0.29, 0.717) is 0 Å². The fourth-order valence-corrected chi connectivity index (χ4v) is 2.52. The summed E-state index contributed by atoms with van der Waals surface area (Å²) in [5.41, 5.74) is 1.12. The number of ether oxygens (including phenoxy) is 1. The molecule has 0 bridgehead atoms. The smallest absolute Gasteiger partial charge is 0.328 e. The molecule has 3 nitrogen and oxygen atoms in total. The van der Waals surface area contributed by atoms with Gasteiger partial charge in [-0.15, -0.1) is 0 Å². The number of anilines is 1. The zero-order chi connectivity index (χ0) is 12.5. The number of esters is 1. The Morgan fingerprint density at radius 1 is 1.22 bits per heavy atom. The van der Waals surface area contributed by atoms with E-state index in [-0.39, 0.29) is 12.0 Å². The molecular weight excluding hydrogens is 226 g/mol. The molecule has 1 heterocycles. The minimum Gasteiger partial charge on any atom is -0.467 e. The summed E-state index contributed by atoms with van der Waals surface area (Å²) in [5, 5.41) is 2.39. The van der Waals surface area contributed by atoms with Crippen LogP contribution in [0.5, 0.6) is 0 Å². The van der Waals surface area contributed by atoms with Crippen LogP contribution in [0.4, 0.5) is 5.69 Å². The standard InChI is InChI=1S/C15H15NO2/c1-18-15(17)14-9-10-16(14)13-8-4-6-11-5-2-3-7-12(11)13/h2-8,14H,9-10H2,1H3. The molecule has 1 saturated heterocycles. The second-order valence-corrected chi connectivity index (χ2v) is 4.52. The molecule has 18 heavy (non-hydrogen) atoms. The maximum absolute atomic E-state index is 11.7. The molecular formula is C15H15NO2. The highest BCUT2D eigenvalue weighted by Gasteiger charge is 2.35. The van der Waals surface area contributed by atoms with Gasteiger partial charge in [-0.25, -0.2) is 4.79 Å². The Morgan fingerprint density at radius 3 is 2.72 bits per heavy atom. The van der Waals surface area contributed by atoms with Crippen LogP contribution in [0.15, 0.2) is 42.5 Å². The highest BCUT2D eigenvalue weighted by atomic mass is 16.5. The molecule has 0 radical (unpaired) electrons. The largest absolute Gasteiger partial charge is 0.467 e. The van der Waals surface area contributed by atoms with Gasteiger partial charge in [0.25, 0.3) is 0 Å². The van der Waals surface area contributed by atoms with Crippen molar-refractivity contribution in [2.24, 2.45) is 0 Å². The van der Waals surface area contributed by atoms with Crippen LogP contribution in [0.3, 0.4) is 0 Å². The molecule has 3 heteroatoms. The Balaban J connectivity index is 2.02. The van der Waals surface area contributed by atoms with E-state index in [9.17, 15) is 4.79 Å². The van der Waals surface area contributed by atoms with Gasteiger partial charge in [-0.3, -0.25) is 0 Å². The van der Waals surface area contributed by atoms with Crippen molar-refractivity contribution in [2.75, 3.05) is 18.6 Å². The van der Waals surface area contributed by atoms with E-state index in [4.69, 9.17) is 4.74 Å². The summed E-state index contributed by atoms with van der Waals surface area (Å²) >= 11 is 0. The number of rotatable bonds is 2. The summed E-state index contributed by atoms with van der Waals surface area (Å²) in [5.74, 6) is -0.144. The number of hydrogen-bond donors (Lipinski definition) is 0. The van der Waals surface area contributed by atoms with E-state index in [1.165, 1.54) is 17.9 Å². The summed E-state index contributed by atoms with van der Waals surface area (Å²) in [6, 6.07) is 14.3. The maximum atomic E-state index is 11.7. The van der Waals surface area contributed by atoms with E-state index >= 15 is 0 Å². The molecule has 1 unspecified atom stereocenters. The number of hydrogen-bond acceptors (Lipinski definition) is 3. The van der Waals surface area contributed by atoms with E-state index in [0.717, 1.165) is 18.7 Å². The Kier molecular flexibility index (Phi) is 2.67. The van der Waals surface area contributed by atoms with Gasteiger partial charge in [0.15, 0.2) is 0 Å². The lowest BCUT2D eigenvalue weighted by Gasteiger charge is -2.41. The van der Waals surface area contributed by atoms with Crippen molar-refractivity contribution in [1.82, 2.24) is 0 Å². The lowest BCUT2D eigenvalue weighted by Crippen LogP contribution is -2.53. The zero-order valence-corrected chi connectivity index (χ0v) is 10.3. The Labute approximate surface area is 106 Å². The van der Waals surface area contributed by atoms with E-state index in [2.05, 4.69) is 29.2 Å². The van der Waals surface area contributed by atoms with Crippen molar-refractivity contribution < 1.29 is 9.53 Å². The van der Waals surface area contributed by atoms with Crippen LogP contribution in [-0.2, 0) is 9.53 Å². The topological polar surface area (TPSA) is 29.5 Å². The molecule has 0 N–H and O–H groups in total. The first-order valence-electron chi connectivity index (χ1n) is 6.13. The predicted octanol–water partition coefficient (Wildman–Crippen LogP) is 2.59. The van der Waals surface area contributed by atoms with Crippen molar-refractivity contribution >= 4 is 22.4 Å². The van der Waals surface area contributed by atoms with Gasteiger partial charge in [0.2, 0.25) is 0 Å². The molecule has 0 aliphatic carbocycles. The Bertz CT molecular complexity index is 589. The molecule has 92 valence electrons. The van der Waals surface area contributed by atoms with Gasteiger partial charge in [0.1, 0.15) is 6.04 Å². The lowest BCUT2D eigenvalue weighted by molar-refractivity contribution is -0.143. The molecule has 2 aromatic rings. The molecule has 1 aliphatic heterocycles. The highest BCUT2D eigenvalue weighted by Crippen LogP contribution is 2.33. The van der Waals surface area contributed by atoms with Crippen LogP contribution >= 0.6 is 0 Å². The number of methoxy groups -OCH3 is 1. The molecule has 1 atom stereocenters. The second-order valence-electron chi connectivity index (χ2n) is 4.52. The van der Waals surface area contributed by atoms with Gasteiger partial charge in [-0.2, -0.15) is 0 Å². The second kappa shape index (κ2) is 4.33. The molecule has 0 spiro atoms. The molecule has 0 aromatic heterocycles. The average Bonchev–Trinajstić information content (AvgIpc) is 2.38. The maximum Gasteiger partial charge on any atom is 0.328 e. The van der Waals surface area contributed by atoms with Gasteiger partial charge >= 0.3 is 5.97 Å². The molecule has 3 rings (SSSR count). The van der Waals surface area contributed by atoms with Crippen molar-refractivity contribution in [2.45, 2.75) is 12.5 Å². The van der Waals surface area contributed by atoms with Crippen LogP contribution in [0.1, 0.15) is 6.42 Å². The minimum absolute atomic E-state index is 0.124. The number of benzene rings is 2. The molecule has 2 aromatic carbocycles. The molecule has 1 aliphatic rings. The van der Waals surface area contributed by atoms with Crippen molar-refractivity contribution in [1.29, 1.82) is 0 Å². The monoisotopic (exact) mass is 241 g/mol. The van der Waals surface area contributed by atoms with Crippen molar-refractivity contribution in [3.8, 4) is 0 Å². The van der Waals surface area contributed by atoms with Crippen LogP contribution in [0, 0.1) is 0 Å². The number of nitrogens with zero attached hydrogens (tertiary/aromatic N) is 1. The molecule has 0 amide bonds. The number of fused-ring (bicyclic) bond motifs is 1.